The highest BCUT2D eigenvalue weighted by molar-refractivity contribution is 7.10. The maximum atomic E-state index is 12.8. The maximum Gasteiger partial charge on any atom is 0.295 e. The number of carbonyl (C=O) groups is 2. The van der Waals surface area contributed by atoms with Crippen molar-refractivity contribution in [2.75, 3.05) is 33.8 Å². The van der Waals surface area contributed by atoms with Crippen LogP contribution in [-0.4, -0.2) is 60.4 Å². The number of aliphatic hydroxyl groups excluding tert-OH is 1. The number of amides is 1. The standard InChI is InChI=1S/C22H24N2O4S/c1-4-13-28-16-9-7-15(8-10-16)20(25)18-19(17-6-5-14-29-17)24(12-11-23(2)3)22(27)21(18)26/h4-10,14,19,25H,1,11-13H2,2-3H3/t19-/m1/s1. The van der Waals surface area contributed by atoms with E-state index in [0.717, 1.165) is 4.88 Å². The van der Waals surface area contributed by atoms with E-state index < -0.39 is 17.7 Å². The lowest BCUT2D eigenvalue weighted by Crippen LogP contribution is -2.35. The van der Waals surface area contributed by atoms with Crippen LogP contribution < -0.4 is 4.74 Å². The van der Waals surface area contributed by atoms with Crippen molar-refractivity contribution in [1.29, 1.82) is 0 Å². The third kappa shape index (κ3) is 4.41. The van der Waals surface area contributed by atoms with E-state index >= 15 is 0 Å². The number of rotatable bonds is 8. The van der Waals surface area contributed by atoms with E-state index in [0.29, 0.717) is 31.0 Å². The molecule has 1 atom stereocenters. The molecule has 1 N–H and O–H groups in total. The Morgan fingerprint density at radius 2 is 2.00 bits per heavy atom. The average Bonchev–Trinajstić information content (AvgIpc) is 3.32. The second kappa shape index (κ2) is 9.07. The molecule has 2 aromatic rings. The lowest BCUT2D eigenvalue weighted by atomic mass is 10.00. The van der Waals surface area contributed by atoms with Crippen LogP contribution in [0, 0.1) is 0 Å². The zero-order valence-electron chi connectivity index (χ0n) is 16.5. The minimum atomic E-state index is -0.661. The molecule has 3 rings (SSSR count). The van der Waals surface area contributed by atoms with Crippen molar-refractivity contribution in [3.8, 4) is 5.75 Å². The Balaban J connectivity index is 2.00. The number of hydrogen-bond donors (Lipinski definition) is 1. The number of benzene rings is 1. The molecule has 29 heavy (non-hydrogen) atoms. The van der Waals surface area contributed by atoms with Crippen molar-refractivity contribution in [3.63, 3.8) is 0 Å². The monoisotopic (exact) mass is 412 g/mol. The molecule has 1 aromatic carbocycles. The number of ketones is 1. The Bertz CT molecular complexity index is 917. The predicted octanol–water partition coefficient (Wildman–Crippen LogP) is 3.30. The maximum absolute atomic E-state index is 12.8. The summed E-state index contributed by atoms with van der Waals surface area (Å²) in [4.78, 5) is 29.9. The minimum Gasteiger partial charge on any atom is -0.507 e. The summed E-state index contributed by atoms with van der Waals surface area (Å²) in [5, 5.41) is 12.9. The highest BCUT2D eigenvalue weighted by Gasteiger charge is 2.46. The van der Waals surface area contributed by atoms with E-state index in [1.165, 1.54) is 11.3 Å². The molecule has 7 heteroatoms. The Morgan fingerprint density at radius 3 is 2.59 bits per heavy atom. The van der Waals surface area contributed by atoms with Gasteiger partial charge < -0.3 is 19.6 Å². The lowest BCUT2D eigenvalue weighted by molar-refractivity contribution is -0.140. The van der Waals surface area contributed by atoms with Gasteiger partial charge in [0.1, 0.15) is 18.1 Å². The third-order valence-corrected chi connectivity index (χ3v) is 5.56. The molecule has 0 aliphatic carbocycles. The number of carbonyl (C=O) groups excluding carboxylic acids is 2. The smallest absolute Gasteiger partial charge is 0.295 e. The van der Waals surface area contributed by atoms with Gasteiger partial charge in [-0.2, -0.15) is 0 Å². The number of hydrogen-bond acceptors (Lipinski definition) is 6. The van der Waals surface area contributed by atoms with Crippen LogP contribution in [0.5, 0.6) is 5.75 Å². The molecule has 1 aliphatic heterocycles. The molecular formula is C22H24N2O4S. The second-order valence-electron chi connectivity index (χ2n) is 6.94. The zero-order valence-corrected chi connectivity index (χ0v) is 17.3. The van der Waals surface area contributed by atoms with Gasteiger partial charge in [0.25, 0.3) is 11.7 Å². The number of thiophene rings is 1. The van der Waals surface area contributed by atoms with Gasteiger partial charge in [-0.05, 0) is 49.8 Å². The number of Topliss-reactive ketones (excluding diaryl/α,β-unsaturated/α-hetero) is 1. The van der Waals surface area contributed by atoms with E-state index in [9.17, 15) is 14.7 Å². The fraction of sp³-hybridized carbons (Fsp3) is 0.273. The molecule has 1 aliphatic rings. The Hall–Kier alpha value is -2.90. The summed E-state index contributed by atoms with van der Waals surface area (Å²) in [7, 11) is 3.82. The van der Waals surface area contributed by atoms with Crippen molar-refractivity contribution in [1.82, 2.24) is 9.80 Å². The van der Waals surface area contributed by atoms with Gasteiger partial charge in [-0.15, -0.1) is 11.3 Å². The minimum absolute atomic E-state index is 0.121. The highest BCUT2D eigenvalue weighted by Crippen LogP contribution is 2.41. The molecule has 1 aromatic heterocycles. The van der Waals surface area contributed by atoms with Crippen LogP contribution in [0.3, 0.4) is 0 Å². The van der Waals surface area contributed by atoms with Gasteiger partial charge in [-0.25, -0.2) is 0 Å². The molecule has 0 unspecified atom stereocenters. The van der Waals surface area contributed by atoms with Crippen LogP contribution in [-0.2, 0) is 9.59 Å². The van der Waals surface area contributed by atoms with Crippen LogP contribution in [0.4, 0.5) is 0 Å². The number of nitrogens with zero attached hydrogens (tertiary/aromatic N) is 2. The van der Waals surface area contributed by atoms with Gasteiger partial charge >= 0.3 is 0 Å². The summed E-state index contributed by atoms with van der Waals surface area (Å²) in [5.74, 6) is -0.795. The predicted molar refractivity (Wildman–Crippen MR) is 114 cm³/mol. The quantitative estimate of drug-likeness (QED) is 0.312. The molecule has 6 nitrogen and oxygen atoms in total. The summed E-state index contributed by atoms with van der Waals surface area (Å²) >= 11 is 1.46. The Kier molecular flexibility index (Phi) is 6.51. The average molecular weight is 413 g/mol. The summed E-state index contributed by atoms with van der Waals surface area (Å²) in [5.41, 5.74) is 0.582. The zero-order chi connectivity index (χ0) is 21.0. The first kappa shape index (κ1) is 20.8. The Labute approximate surface area is 174 Å². The summed E-state index contributed by atoms with van der Waals surface area (Å²) in [6.07, 6.45) is 1.64. The summed E-state index contributed by atoms with van der Waals surface area (Å²) < 4.78 is 5.46. The first-order valence-corrected chi connectivity index (χ1v) is 10.1. The molecule has 152 valence electrons. The van der Waals surface area contributed by atoms with Crippen LogP contribution in [0.25, 0.3) is 5.76 Å². The van der Waals surface area contributed by atoms with E-state index in [1.807, 2.05) is 36.5 Å². The Morgan fingerprint density at radius 1 is 1.28 bits per heavy atom. The first-order chi connectivity index (χ1) is 13.9. The van der Waals surface area contributed by atoms with Crippen LogP contribution in [0.1, 0.15) is 16.5 Å². The van der Waals surface area contributed by atoms with E-state index in [2.05, 4.69) is 6.58 Å². The summed E-state index contributed by atoms with van der Waals surface area (Å²) in [6, 6.07) is 9.92. The lowest BCUT2D eigenvalue weighted by Gasteiger charge is -2.25. The topological polar surface area (TPSA) is 70.1 Å². The van der Waals surface area contributed by atoms with E-state index in [1.54, 1.807) is 35.2 Å². The molecule has 0 bridgehead atoms. The highest BCUT2D eigenvalue weighted by atomic mass is 32.1. The largest absolute Gasteiger partial charge is 0.507 e. The second-order valence-corrected chi connectivity index (χ2v) is 7.91. The number of likely N-dealkylation sites (tertiary alicyclic amines) is 1. The van der Waals surface area contributed by atoms with Crippen LogP contribution >= 0.6 is 11.3 Å². The molecule has 0 radical (unpaired) electrons. The summed E-state index contributed by atoms with van der Waals surface area (Å²) in [6.45, 7) is 4.99. The molecule has 1 amide bonds. The van der Waals surface area contributed by atoms with E-state index in [-0.39, 0.29) is 11.3 Å². The fourth-order valence-electron chi connectivity index (χ4n) is 3.18. The third-order valence-electron chi connectivity index (χ3n) is 4.64. The normalized spacial score (nSPS) is 18.4. The SMILES string of the molecule is C=CCOc1ccc(C(O)=C2C(=O)C(=O)N(CCN(C)C)[C@@H]2c2cccs2)cc1. The molecule has 0 spiro atoms. The molecule has 2 heterocycles. The number of likely N-dealkylation sites (N-methyl/N-ethyl adjacent to an activating group) is 1. The van der Waals surface area contributed by atoms with Crippen molar-refractivity contribution < 1.29 is 19.4 Å². The van der Waals surface area contributed by atoms with Crippen LogP contribution in [0.2, 0.25) is 0 Å². The van der Waals surface area contributed by atoms with Gasteiger partial charge in [0, 0.05) is 23.5 Å². The number of aliphatic hydroxyl groups is 1. The van der Waals surface area contributed by atoms with Crippen LogP contribution in [0.15, 0.2) is 60.0 Å². The molecule has 1 fully saturated rings. The number of ether oxygens (including phenoxy) is 1. The first-order valence-electron chi connectivity index (χ1n) is 9.24. The van der Waals surface area contributed by atoms with Gasteiger partial charge in [-0.3, -0.25) is 9.59 Å². The fourth-order valence-corrected chi connectivity index (χ4v) is 4.03. The van der Waals surface area contributed by atoms with Crippen molar-refractivity contribution in [3.05, 3.63) is 70.4 Å². The van der Waals surface area contributed by atoms with Gasteiger partial charge in [0.2, 0.25) is 0 Å². The molecule has 1 saturated heterocycles. The van der Waals surface area contributed by atoms with Crippen molar-refractivity contribution in [2.24, 2.45) is 0 Å². The van der Waals surface area contributed by atoms with Crippen molar-refractivity contribution >= 4 is 28.8 Å². The molecule has 0 saturated carbocycles. The van der Waals surface area contributed by atoms with Gasteiger partial charge in [-0.1, -0.05) is 18.7 Å². The van der Waals surface area contributed by atoms with Gasteiger partial charge in [0.05, 0.1) is 11.6 Å². The molecular weight excluding hydrogens is 388 g/mol. The van der Waals surface area contributed by atoms with Gasteiger partial charge in [0.15, 0.2) is 0 Å². The van der Waals surface area contributed by atoms with E-state index in [4.69, 9.17) is 4.74 Å². The van der Waals surface area contributed by atoms with Crippen molar-refractivity contribution in [2.45, 2.75) is 6.04 Å².